The Bertz CT molecular complexity index is 126. The van der Waals surface area contributed by atoms with Crippen LogP contribution >= 0.6 is 0 Å². The number of carboxylic acids is 1. The molecule has 4 nitrogen and oxygen atoms in total. The highest BCUT2D eigenvalue weighted by Crippen LogP contribution is 2.00. The lowest BCUT2D eigenvalue weighted by molar-refractivity contribution is -0.138. The summed E-state index contributed by atoms with van der Waals surface area (Å²) in [6, 6.07) is -0.593. The summed E-state index contributed by atoms with van der Waals surface area (Å²) in [7, 11) is 0. The molecule has 0 saturated heterocycles. The Hall–Kier alpha value is -0.610. The minimum atomic E-state index is -0.935. The van der Waals surface area contributed by atoms with Gasteiger partial charge in [-0.1, -0.05) is 0 Å². The zero-order valence-corrected chi connectivity index (χ0v) is 6.79. The van der Waals surface area contributed by atoms with E-state index >= 15 is 0 Å². The molecule has 66 valence electrons. The van der Waals surface area contributed by atoms with Crippen LogP contribution < -0.4 is 11.5 Å². The van der Waals surface area contributed by atoms with Gasteiger partial charge >= 0.3 is 5.97 Å². The molecule has 0 aliphatic carbocycles. The number of hydrogen-bond donors (Lipinski definition) is 3. The molecule has 0 unspecified atom stereocenters. The van der Waals surface area contributed by atoms with Crippen LogP contribution in [0.15, 0.2) is 0 Å². The Balaban J connectivity index is 3.31. The van der Waals surface area contributed by atoms with E-state index in [0.717, 1.165) is 12.8 Å². The Morgan fingerprint density at radius 3 is 2.36 bits per heavy atom. The summed E-state index contributed by atoms with van der Waals surface area (Å²) in [5.41, 5.74) is 10.7. The van der Waals surface area contributed by atoms with Gasteiger partial charge in [-0.15, -0.1) is 0 Å². The molecule has 0 rings (SSSR count). The van der Waals surface area contributed by atoms with Crippen LogP contribution in [-0.2, 0) is 4.79 Å². The molecule has 0 radical (unpaired) electrons. The highest BCUT2D eigenvalue weighted by atomic mass is 16.4. The second-order valence-corrected chi connectivity index (χ2v) is 2.85. The molecule has 0 bridgehead atoms. The van der Waals surface area contributed by atoms with E-state index in [1.165, 1.54) is 0 Å². The van der Waals surface area contributed by atoms with Crippen LogP contribution in [0.2, 0.25) is 0 Å². The maximum atomic E-state index is 10.2. The molecule has 11 heavy (non-hydrogen) atoms. The number of nitrogens with two attached hydrogens (primary N) is 2. The maximum absolute atomic E-state index is 10.2. The summed E-state index contributed by atoms with van der Waals surface area (Å²) in [6.07, 6.45) is 2.13. The van der Waals surface area contributed by atoms with Gasteiger partial charge in [0.05, 0.1) is 0 Å². The predicted octanol–water partition coefficient (Wildman–Crippen LogP) is -0.0842. The second-order valence-electron chi connectivity index (χ2n) is 2.85. The maximum Gasteiger partial charge on any atom is 0.320 e. The molecule has 0 spiro atoms. The minimum absolute atomic E-state index is 0.135. The number of aliphatic carboxylic acids is 1. The van der Waals surface area contributed by atoms with E-state index in [-0.39, 0.29) is 6.04 Å². The second kappa shape index (κ2) is 5.09. The van der Waals surface area contributed by atoms with Crippen molar-refractivity contribution in [2.24, 2.45) is 11.5 Å². The third-order valence-electron chi connectivity index (χ3n) is 1.49. The van der Waals surface area contributed by atoms with Gasteiger partial charge in [0, 0.05) is 6.04 Å². The Morgan fingerprint density at radius 2 is 2.00 bits per heavy atom. The zero-order chi connectivity index (χ0) is 8.85. The third kappa shape index (κ3) is 5.82. The molecule has 0 amide bonds. The van der Waals surface area contributed by atoms with Gasteiger partial charge in [0.2, 0.25) is 0 Å². The van der Waals surface area contributed by atoms with Crippen LogP contribution in [-0.4, -0.2) is 23.2 Å². The molecule has 4 heteroatoms. The van der Waals surface area contributed by atoms with Crippen LogP contribution in [0.3, 0.4) is 0 Å². The fourth-order valence-corrected chi connectivity index (χ4v) is 0.783. The van der Waals surface area contributed by atoms with Crippen LogP contribution in [0, 0.1) is 0 Å². The lowest BCUT2D eigenvalue weighted by Crippen LogP contribution is -2.30. The molecule has 0 aromatic rings. The van der Waals surface area contributed by atoms with E-state index in [2.05, 4.69) is 0 Å². The summed E-state index contributed by atoms with van der Waals surface area (Å²) >= 11 is 0. The average molecular weight is 160 g/mol. The number of hydrogen-bond acceptors (Lipinski definition) is 3. The predicted molar refractivity (Wildman–Crippen MR) is 43.1 cm³/mol. The molecule has 0 fully saturated rings. The topological polar surface area (TPSA) is 89.3 Å². The van der Waals surface area contributed by atoms with E-state index in [0.29, 0.717) is 6.42 Å². The van der Waals surface area contributed by atoms with Crippen LogP contribution in [0.4, 0.5) is 0 Å². The lowest BCUT2D eigenvalue weighted by Gasteiger charge is -2.07. The Morgan fingerprint density at radius 1 is 1.45 bits per heavy atom. The van der Waals surface area contributed by atoms with Crippen molar-refractivity contribution < 1.29 is 9.90 Å². The molecule has 0 aromatic carbocycles. The molecular formula is C7H16N2O2. The Labute approximate surface area is 66.6 Å². The van der Waals surface area contributed by atoms with Gasteiger partial charge in [-0.2, -0.15) is 0 Å². The minimum Gasteiger partial charge on any atom is -0.480 e. The van der Waals surface area contributed by atoms with Crippen molar-refractivity contribution in [2.45, 2.75) is 38.3 Å². The first-order valence-corrected chi connectivity index (χ1v) is 3.78. The highest BCUT2D eigenvalue weighted by molar-refractivity contribution is 5.72. The van der Waals surface area contributed by atoms with Gasteiger partial charge in [0.25, 0.3) is 0 Å². The first kappa shape index (κ1) is 10.4. The Kier molecular flexibility index (Phi) is 4.81. The van der Waals surface area contributed by atoms with E-state index in [1.54, 1.807) is 0 Å². The fraction of sp³-hybridized carbons (Fsp3) is 0.857. The molecule has 0 heterocycles. The van der Waals surface area contributed by atoms with Crippen molar-refractivity contribution in [1.29, 1.82) is 0 Å². The first-order chi connectivity index (χ1) is 5.04. The van der Waals surface area contributed by atoms with E-state index in [9.17, 15) is 4.79 Å². The van der Waals surface area contributed by atoms with Gasteiger partial charge in [-0.05, 0) is 26.2 Å². The molecule has 2 atom stereocenters. The standard InChI is InChI=1S/C7H16N2O2/c1-5(8)3-2-4-6(9)7(10)11/h5-6H,2-4,8-9H2,1H3,(H,10,11)/t5-,6+/m1/s1. The van der Waals surface area contributed by atoms with E-state index in [1.807, 2.05) is 6.92 Å². The molecular weight excluding hydrogens is 144 g/mol. The third-order valence-corrected chi connectivity index (χ3v) is 1.49. The smallest absolute Gasteiger partial charge is 0.320 e. The number of carbonyl (C=O) groups is 1. The van der Waals surface area contributed by atoms with Crippen molar-refractivity contribution >= 4 is 5.97 Å². The number of rotatable bonds is 5. The van der Waals surface area contributed by atoms with Crippen LogP contribution in [0.25, 0.3) is 0 Å². The highest BCUT2D eigenvalue weighted by Gasteiger charge is 2.10. The SMILES string of the molecule is C[C@@H](N)CCC[C@H](N)C(=O)O. The van der Waals surface area contributed by atoms with Crippen molar-refractivity contribution in [3.05, 3.63) is 0 Å². The van der Waals surface area contributed by atoms with Gasteiger partial charge in [-0.25, -0.2) is 0 Å². The van der Waals surface area contributed by atoms with Gasteiger partial charge in [0.15, 0.2) is 0 Å². The quantitative estimate of drug-likeness (QED) is 0.524. The van der Waals surface area contributed by atoms with E-state index in [4.69, 9.17) is 16.6 Å². The van der Waals surface area contributed by atoms with Crippen LogP contribution in [0.1, 0.15) is 26.2 Å². The molecule has 0 aromatic heterocycles. The first-order valence-electron chi connectivity index (χ1n) is 3.78. The van der Waals surface area contributed by atoms with Crippen LogP contribution in [0.5, 0.6) is 0 Å². The van der Waals surface area contributed by atoms with E-state index < -0.39 is 12.0 Å². The monoisotopic (exact) mass is 160 g/mol. The lowest BCUT2D eigenvalue weighted by atomic mass is 10.1. The van der Waals surface area contributed by atoms with Gasteiger partial charge in [-0.3, -0.25) is 4.79 Å². The van der Waals surface area contributed by atoms with Gasteiger partial charge < -0.3 is 16.6 Å². The van der Waals surface area contributed by atoms with Crippen molar-refractivity contribution in [3.8, 4) is 0 Å². The van der Waals surface area contributed by atoms with Gasteiger partial charge in [0.1, 0.15) is 6.04 Å². The average Bonchev–Trinajstić information content (AvgIpc) is 1.86. The number of carboxylic acid groups (broad SMARTS) is 1. The summed E-state index contributed by atoms with van der Waals surface area (Å²) in [6.45, 7) is 1.90. The summed E-state index contributed by atoms with van der Waals surface area (Å²) in [5.74, 6) is -0.935. The van der Waals surface area contributed by atoms with Crippen molar-refractivity contribution in [3.63, 3.8) is 0 Å². The summed E-state index contributed by atoms with van der Waals surface area (Å²) < 4.78 is 0. The van der Waals surface area contributed by atoms with Crippen molar-refractivity contribution in [2.75, 3.05) is 0 Å². The summed E-state index contributed by atoms with van der Waals surface area (Å²) in [4.78, 5) is 10.2. The molecule has 0 aliphatic rings. The molecule has 5 N–H and O–H groups in total. The largest absolute Gasteiger partial charge is 0.480 e. The fourth-order valence-electron chi connectivity index (χ4n) is 0.783. The molecule has 0 saturated carbocycles. The zero-order valence-electron chi connectivity index (χ0n) is 6.79. The molecule has 0 aliphatic heterocycles. The normalized spacial score (nSPS) is 15.9. The summed E-state index contributed by atoms with van der Waals surface area (Å²) in [5, 5.41) is 8.39. The van der Waals surface area contributed by atoms with Crippen molar-refractivity contribution in [1.82, 2.24) is 0 Å².